The van der Waals surface area contributed by atoms with Gasteiger partial charge in [-0.1, -0.05) is 18.2 Å². The van der Waals surface area contributed by atoms with Gasteiger partial charge in [0.2, 0.25) is 5.91 Å². The van der Waals surface area contributed by atoms with E-state index in [0.29, 0.717) is 6.42 Å². The zero-order chi connectivity index (χ0) is 18.1. The van der Waals surface area contributed by atoms with Crippen LogP contribution in [-0.2, 0) is 17.6 Å². The zero-order valence-electron chi connectivity index (χ0n) is 14.5. The molecule has 2 aromatic carbocycles. The second-order valence-electron chi connectivity index (χ2n) is 6.47. The Labute approximate surface area is 156 Å². The van der Waals surface area contributed by atoms with Crippen LogP contribution in [0.5, 0.6) is 0 Å². The van der Waals surface area contributed by atoms with Gasteiger partial charge in [-0.05, 0) is 55.7 Å². The Morgan fingerprint density at radius 3 is 2.77 bits per heavy atom. The summed E-state index contributed by atoms with van der Waals surface area (Å²) in [6, 6.07) is 14.4. The molecule has 0 N–H and O–H groups in total. The summed E-state index contributed by atoms with van der Waals surface area (Å²) in [7, 11) is 0. The second-order valence-corrected chi connectivity index (χ2v) is 7.75. The molecule has 2 heterocycles. The highest BCUT2D eigenvalue weighted by Gasteiger charge is 2.24. The lowest BCUT2D eigenvalue weighted by Crippen LogP contribution is -2.36. The fraction of sp³-hybridized carbons (Fsp3) is 0.238. The number of nitrogens with zero attached hydrogens (tertiary/aromatic N) is 2. The zero-order valence-corrected chi connectivity index (χ0v) is 15.4. The van der Waals surface area contributed by atoms with Crippen LogP contribution in [0.3, 0.4) is 0 Å². The number of fused-ring (bicyclic) bond motifs is 1. The number of benzene rings is 2. The molecule has 0 radical (unpaired) electrons. The molecule has 3 nitrogen and oxygen atoms in total. The minimum absolute atomic E-state index is 0.0872. The molecular weight excluding hydrogens is 347 g/mol. The van der Waals surface area contributed by atoms with E-state index in [1.165, 1.54) is 29.0 Å². The maximum atomic E-state index is 13.2. The van der Waals surface area contributed by atoms with Crippen molar-refractivity contribution in [1.29, 1.82) is 0 Å². The Balaban J connectivity index is 1.62. The molecule has 0 aliphatic carbocycles. The van der Waals surface area contributed by atoms with E-state index in [-0.39, 0.29) is 11.7 Å². The van der Waals surface area contributed by atoms with Crippen LogP contribution in [0.15, 0.2) is 48.5 Å². The van der Waals surface area contributed by atoms with Crippen molar-refractivity contribution < 1.29 is 9.18 Å². The first-order valence-electron chi connectivity index (χ1n) is 8.72. The van der Waals surface area contributed by atoms with E-state index in [1.54, 1.807) is 12.1 Å². The molecule has 0 spiro atoms. The molecule has 3 aromatic rings. The first-order chi connectivity index (χ1) is 12.6. The molecule has 1 aliphatic heterocycles. The number of aryl methyl sites for hydroxylation is 2. The molecule has 132 valence electrons. The van der Waals surface area contributed by atoms with Crippen LogP contribution >= 0.6 is 11.3 Å². The van der Waals surface area contributed by atoms with Crippen LogP contribution in [0.4, 0.5) is 10.1 Å². The Hall–Kier alpha value is -2.53. The van der Waals surface area contributed by atoms with Crippen molar-refractivity contribution in [2.75, 3.05) is 11.4 Å². The van der Waals surface area contributed by atoms with E-state index in [1.807, 2.05) is 30.0 Å². The van der Waals surface area contributed by atoms with Crippen LogP contribution in [0, 0.1) is 12.7 Å². The molecular formula is C21H19FN2OS. The number of anilines is 1. The van der Waals surface area contributed by atoms with Crippen LogP contribution < -0.4 is 4.90 Å². The lowest BCUT2D eigenvalue weighted by Gasteiger charge is -2.29. The summed E-state index contributed by atoms with van der Waals surface area (Å²) >= 11 is 1.53. The minimum Gasteiger partial charge on any atom is -0.312 e. The van der Waals surface area contributed by atoms with Gasteiger partial charge in [0.1, 0.15) is 5.82 Å². The Bertz CT molecular complexity index is 949. The maximum absolute atomic E-state index is 13.2. The van der Waals surface area contributed by atoms with E-state index in [4.69, 9.17) is 0 Å². The number of hydrogen-bond donors (Lipinski definition) is 0. The quantitative estimate of drug-likeness (QED) is 0.668. The van der Waals surface area contributed by atoms with Crippen molar-refractivity contribution in [3.63, 3.8) is 0 Å². The number of carbonyl (C=O) groups excluding carboxylic acids is 1. The number of amides is 1. The van der Waals surface area contributed by atoms with Gasteiger partial charge in [-0.25, -0.2) is 9.37 Å². The Morgan fingerprint density at radius 2 is 1.96 bits per heavy atom. The van der Waals surface area contributed by atoms with E-state index in [0.717, 1.165) is 46.2 Å². The van der Waals surface area contributed by atoms with Crippen LogP contribution in [0.2, 0.25) is 0 Å². The third kappa shape index (κ3) is 3.27. The number of halogens is 1. The van der Waals surface area contributed by atoms with Gasteiger partial charge in [-0.2, -0.15) is 0 Å². The van der Waals surface area contributed by atoms with Gasteiger partial charge in [-0.15, -0.1) is 11.3 Å². The van der Waals surface area contributed by atoms with E-state index < -0.39 is 0 Å². The third-order valence-electron chi connectivity index (χ3n) is 4.65. The molecule has 1 aliphatic rings. The second kappa shape index (κ2) is 7.00. The predicted octanol–water partition coefficient (Wildman–Crippen LogP) is 4.78. The lowest BCUT2D eigenvalue weighted by atomic mass is 10.0. The molecule has 1 aromatic heterocycles. The Kier molecular flexibility index (Phi) is 4.55. The van der Waals surface area contributed by atoms with Crippen molar-refractivity contribution in [2.24, 2.45) is 0 Å². The Morgan fingerprint density at radius 1 is 1.19 bits per heavy atom. The summed E-state index contributed by atoms with van der Waals surface area (Å²) in [5, 5.41) is 0.908. The van der Waals surface area contributed by atoms with Gasteiger partial charge >= 0.3 is 0 Å². The van der Waals surface area contributed by atoms with E-state index in [2.05, 4.69) is 11.1 Å². The standard InChI is InChI=1S/C21H19FN2OS/c1-14-23-21(16-8-10-17(22)11-9-16)19(26-14)13-20(25)24-12-4-6-15-5-2-3-7-18(15)24/h2-3,5,7-11H,4,6,12-13H2,1H3. The fourth-order valence-electron chi connectivity index (χ4n) is 3.45. The van der Waals surface area contributed by atoms with Crippen molar-refractivity contribution in [1.82, 2.24) is 4.98 Å². The molecule has 5 heteroatoms. The van der Waals surface area contributed by atoms with E-state index in [9.17, 15) is 9.18 Å². The molecule has 0 bridgehead atoms. The summed E-state index contributed by atoms with van der Waals surface area (Å²) in [5.41, 5.74) is 3.88. The van der Waals surface area contributed by atoms with Crippen LogP contribution in [-0.4, -0.2) is 17.4 Å². The number of para-hydroxylation sites is 1. The summed E-state index contributed by atoms with van der Waals surface area (Å²) in [4.78, 5) is 20.4. The fourth-order valence-corrected chi connectivity index (χ4v) is 4.40. The maximum Gasteiger partial charge on any atom is 0.232 e. The number of carbonyl (C=O) groups is 1. The van der Waals surface area contributed by atoms with Crippen molar-refractivity contribution in [3.05, 3.63) is 69.8 Å². The average Bonchev–Trinajstić information content (AvgIpc) is 3.02. The summed E-state index contributed by atoms with van der Waals surface area (Å²) in [5.74, 6) is -0.188. The molecule has 0 unspecified atom stereocenters. The smallest absolute Gasteiger partial charge is 0.232 e. The highest BCUT2D eigenvalue weighted by Crippen LogP contribution is 2.31. The van der Waals surface area contributed by atoms with Gasteiger partial charge in [-0.3, -0.25) is 4.79 Å². The highest BCUT2D eigenvalue weighted by molar-refractivity contribution is 7.12. The normalized spacial score (nSPS) is 13.5. The molecule has 0 saturated carbocycles. The largest absolute Gasteiger partial charge is 0.312 e. The number of thiazole rings is 1. The molecule has 0 fully saturated rings. The summed E-state index contributed by atoms with van der Waals surface area (Å²) in [6.07, 6.45) is 2.31. The van der Waals surface area contributed by atoms with Crippen molar-refractivity contribution >= 4 is 22.9 Å². The van der Waals surface area contributed by atoms with Crippen molar-refractivity contribution in [2.45, 2.75) is 26.2 Å². The van der Waals surface area contributed by atoms with Gasteiger partial charge < -0.3 is 4.90 Å². The lowest BCUT2D eigenvalue weighted by molar-refractivity contribution is -0.118. The minimum atomic E-state index is -0.275. The molecule has 0 atom stereocenters. The summed E-state index contributed by atoms with van der Waals surface area (Å²) in [6.45, 7) is 2.68. The third-order valence-corrected chi connectivity index (χ3v) is 5.62. The molecule has 0 saturated heterocycles. The first kappa shape index (κ1) is 16.9. The average molecular weight is 366 g/mol. The molecule has 4 rings (SSSR count). The number of aromatic nitrogens is 1. The predicted molar refractivity (Wildman–Crippen MR) is 103 cm³/mol. The molecule has 1 amide bonds. The van der Waals surface area contributed by atoms with Gasteiger partial charge in [0, 0.05) is 22.7 Å². The van der Waals surface area contributed by atoms with Gasteiger partial charge in [0.15, 0.2) is 0 Å². The monoisotopic (exact) mass is 366 g/mol. The van der Waals surface area contributed by atoms with E-state index >= 15 is 0 Å². The SMILES string of the molecule is Cc1nc(-c2ccc(F)cc2)c(CC(=O)N2CCCc3ccccc32)s1. The van der Waals surface area contributed by atoms with Crippen molar-refractivity contribution in [3.8, 4) is 11.3 Å². The highest BCUT2D eigenvalue weighted by atomic mass is 32.1. The van der Waals surface area contributed by atoms with Crippen LogP contribution in [0.25, 0.3) is 11.3 Å². The van der Waals surface area contributed by atoms with Crippen LogP contribution in [0.1, 0.15) is 21.9 Å². The first-order valence-corrected chi connectivity index (χ1v) is 9.54. The summed E-state index contributed by atoms with van der Waals surface area (Å²) < 4.78 is 13.2. The topological polar surface area (TPSA) is 33.2 Å². The van der Waals surface area contributed by atoms with Gasteiger partial charge in [0.05, 0.1) is 17.1 Å². The number of rotatable bonds is 3. The molecule has 26 heavy (non-hydrogen) atoms. The number of hydrogen-bond acceptors (Lipinski definition) is 3. The van der Waals surface area contributed by atoms with Gasteiger partial charge in [0.25, 0.3) is 0 Å².